The number of nitrogens with zero attached hydrogens (tertiary/aromatic N) is 4. The van der Waals surface area contributed by atoms with Gasteiger partial charge in [-0.2, -0.15) is 5.10 Å². The fourth-order valence-electron chi connectivity index (χ4n) is 2.90. The van der Waals surface area contributed by atoms with Gasteiger partial charge in [0.2, 0.25) is 0 Å². The van der Waals surface area contributed by atoms with Crippen LogP contribution in [0.15, 0.2) is 30.6 Å². The van der Waals surface area contributed by atoms with Crippen molar-refractivity contribution in [2.75, 3.05) is 0 Å². The molecule has 4 heteroatoms. The van der Waals surface area contributed by atoms with Crippen molar-refractivity contribution in [2.45, 2.75) is 26.2 Å². The highest BCUT2D eigenvalue weighted by molar-refractivity contribution is 5.73. The third kappa shape index (κ3) is 1.56. The highest BCUT2D eigenvalue weighted by atomic mass is 15.3. The zero-order chi connectivity index (χ0) is 12.8. The van der Waals surface area contributed by atoms with E-state index in [2.05, 4.69) is 39.3 Å². The minimum atomic E-state index is 0.799. The molecule has 0 saturated heterocycles. The standard InChI is InChI=1S/C15H14N4/c1-10-17-15-13-8-4-6-11-5-2-3-7-12(11)14(13)16-9-19(15)18-10/h2-3,5,7,9H,4,6,8H2,1H3. The first-order valence-electron chi connectivity index (χ1n) is 6.62. The zero-order valence-corrected chi connectivity index (χ0v) is 10.8. The average Bonchev–Trinajstić information content (AvgIpc) is 2.70. The molecule has 4 nitrogen and oxygen atoms in total. The molecule has 0 fully saturated rings. The van der Waals surface area contributed by atoms with Gasteiger partial charge in [-0.3, -0.25) is 0 Å². The van der Waals surface area contributed by atoms with Crippen LogP contribution in [0.1, 0.15) is 23.4 Å². The summed E-state index contributed by atoms with van der Waals surface area (Å²) >= 11 is 0. The molecule has 0 radical (unpaired) electrons. The maximum atomic E-state index is 4.62. The molecule has 0 N–H and O–H groups in total. The minimum Gasteiger partial charge on any atom is -0.236 e. The van der Waals surface area contributed by atoms with E-state index in [0.717, 1.165) is 36.4 Å². The molecule has 94 valence electrons. The fourth-order valence-corrected chi connectivity index (χ4v) is 2.90. The van der Waals surface area contributed by atoms with Crippen molar-refractivity contribution < 1.29 is 0 Å². The molecule has 0 amide bonds. The summed E-state index contributed by atoms with van der Waals surface area (Å²) in [7, 11) is 0. The number of hydrogen-bond acceptors (Lipinski definition) is 3. The molecule has 0 aliphatic heterocycles. The number of aryl methyl sites for hydroxylation is 3. The van der Waals surface area contributed by atoms with Crippen LogP contribution < -0.4 is 0 Å². The Balaban J connectivity index is 2.08. The van der Waals surface area contributed by atoms with E-state index in [-0.39, 0.29) is 0 Å². The molecule has 2 heterocycles. The Morgan fingerprint density at radius 3 is 3.00 bits per heavy atom. The summed E-state index contributed by atoms with van der Waals surface area (Å²) in [4.78, 5) is 9.18. The highest BCUT2D eigenvalue weighted by Gasteiger charge is 2.19. The second kappa shape index (κ2) is 3.88. The molecule has 0 unspecified atom stereocenters. The van der Waals surface area contributed by atoms with Gasteiger partial charge in [-0.05, 0) is 31.7 Å². The van der Waals surface area contributed by atoms with Gasteiger partial charge in [-0.15, -0.1) is 0 Å². The Bertz CT molecular complexity index is 773. The second-order valence-corrected chi connectivity index (χ2v) is 5.01. The van der Waals surface area contributed by atoms with Gasteiger partial charge in [-0.1, -0.05) is 24.3 Å². The summed E-state index contributed by atoms with van der Waals surface area (Å²) in [5.41, 5.74) is 5.90. The number of aromatic nitrogens is 4. The lowest BCUT2D eigenvalue weighted by Crippen LogP contribution is -1.99. The van der Waals surface area contributed by atoms with Gasteiger partial charge < -0.3 is 0 Å². The number of rotatable bonds is 0. The Kier molecular flexibility index (Phi) is 2.18. The first kappa shape index (κ1) is 10.7. The van der Waals surface area contributed by atoms with E-state index in [1.165, 1.54) is 16.7 Å². The number of fused-ring (bicyclic) bond motifs is 5. The fraction of sp³-hybridized carbons (Fsp3) is 0.267. The molecule has 0 saturated carbocycles. The van der Waals surface area contributed by atoms with Crippen molar-refractivity contribution in [1.82, 2.24) is 19.6 Å². The van der Waals surface area contributed by atoms with Crippen molar-refractivity contribution in [2.24, 2.45) is 0 Å². The van der Waals surface area contributed by atoms with Crippen molar-refractivity contribution in [3.8, 4) is 11.3 Å². The van der Waals surface area contributed by atoms with Gasteiger partial charge in [-0.25, -0.2) is 14.5 Å². The molecule has 4 rings (SSSR count). The molecule has 0 bridgehead atoms. The quantitative estimate of drug-likeness (QED) is 0.616. The Morgan fingerprint density at radius 1 is 1.16 bits per heavy atom. The van der Waals surface area contributed by atoms with E-state index in [9.17, 15) is 0 Å². The van der Waals surface area contributed by atoms with Crippen LogP contribution in [0, 0.1) is 6.92 Å². The third-order valence-corrected chi connectivity index (χ3v) is 3.73. The summed E-state index contributed by atoms with van der Waals surface area (Å²) < 4.78 is 1.79. The van der Waals surface area contributed by atoms with Crippen LogP contribution in [0.3, 0.4) is 0 Å². The predicted molar refractivity (Wildman–Crippen MR) is 73.0 cm³/mol. The van der Waals surface area contributed by atoms with Gasteiger partial charge in [0.15, 0.2) is 5.65 Å². The van der Waals surface area contributed by atoms with Crippen molar-refractivity contribution >= 4 is 5.65 Å². The van der Waals surface area contributed by atoms with Crippen LogP contribution in [-0.2, 0) is 12.8 Å². The monoisotopic (exact) mass is 250 g/mol. The second-order valence-electron chi connectivity index (χ2n) is 5.01. The topological polar surface area (TPSA) is 43.1 Å². The van der Waals surface area contributed by atoms with E-state index in [1.807, 2.05) is 6.92 Å². The van der Waals surface area contributed by atoms with E-state index >= 15 is 0 Å². The first-order valence-corrected chi connectivity index (χ1v) is 6.62. The average molecular weight is 250 g/mol. The molecule has 0 spiro atoms. The predicted octanol–water partition coefficient (Wildman–Crippen LogP) is 2.59. The Hall–Kier alpha value is -2.23. The van der Waals surface area contributed by atoms with E-state index in [1.54, 1.807) is 10.8 Å². The van der Waals surface area contributed by atoms with E-state index in [0.29, 0.717) is 0 Å². The number of hydrogen-bond donors (Lipinski definition) is 0. The van der Waals surface area contributed by atoms with Gasteiger partial charge in [0.25, 0.3) is 0 Å². The highest BCUT2D eigenvalue weighted by Crippen LogP contribution is 2.32. The van der Waals surface area contributed by atoms with Crippen LogP contribution in [0.2, 0.25) is 0 Å². The SMILES string of the molecule is Cc1nc2c3c(ncn2n1)-c1ccccc1CCC3. The number of benzene rings is 1. The Morgan fingerprint density at radius 2 is 2.05 bits per heavy atom. The maximum absolute atomic E-state index is 4.62. The molecule has 0 atom stereocenters. The molecule has 1 aliphatic rings. The van der Waals surface area contributed by atoms with Crippen LogP contribution >= 0.6 is 0 Å². The summed E-state index contributed by atoms with van der Waals surface area (Å²) in [6, 6.07) is 8.54. The van der Waals surface area contributed by atoms with Gasteiger partial charge in [0.1, 0.15) is 12.2 Å². The van der Waals surface area contributed by atoms with Crippen molar-refractivity contribution in [1.29, 1.82) is 0 Å². The van der Waals surface area contributed by atoms with Gasteiger partial charge >= 0.3 is 0 Å². The van der Waals surface area contributed by atoms with Gasteiger partial charge in [0.05, 0.1) is 5.69 Å². The van der Waals surface area contributed by atoms with Crippen LogP contribution in [0.4, 0.5) is 0 Å². The van der Waals surface area contributed by atoms with Crippen LogP contribution in [-0.4, -0.2) is 19.6 Å². The van der Waals surface area contributed by atoms with Crippen molar-refractivity contribution in [3.63, 3.8) is 0 Å². The molecular weight excluding hydrogens is 236 g/mol. The normalized spacial score (nSPS) is 13.9. The van der Waals surface area contributed by atoms with Crippen LogP contribution in [0.5, 0.6) is 0 Å². The summed E-state index contributed by atoms with van der Waals surface area (Å²) in [5.74, 6) is 0.799. The smallest absolute Gasteiger partial charge is 0.162 e. The van der Waals surface area contributed by atoms with Crippen LogP contribution in [0.25, 0.3) is 16.9 Å². The lowest BCUT2D eigenvalue weighted by Gasteiger charge is -2.08. The maximum Gasteiger partial charge on any atom is 0.162 e. The molecule has 19 heavy (non-hydrogen) atoms. The molecule has 1 aromatic carbocycles. The lowest BCUT2D eigenvalue weighted by molar-refractivity contribution is 0.823. The summed E-state index contributed by atoms with van der Waals surface area (Å²) in [6.45, 7) is 1.92. The molecular formula is C15H14N4. The molecule has 2 aromatic heterocycles. The van der Waals surface area contributed by atoms with Gasteiger partial charge in [0, 0.05) is 11.1 Å². The third-order valence-electron chi connectivity index (χ3n) is 3.73. The lowest BCUT2D eigenvalue weighted by atomic mass is 10.0. The largest absolute Gasteiger partial charge is 0.236 e. The molecule has 1 aliphatic carbocycles. The van der Waals surface area contributed by atoms with Crippen molar-refractivity contribution in [3.05, 3.63) is 47.5 Å². The Labute approximate surface area is 111 Å². The first-order chi connectivity index (χ1) is 9.33. The van der Waals surface area contributed by atoms with E-state index in [4.69, 9.17) is 0 Å². The summed E-state index contributed by atoms with van der Waals surface area (Å²) in [6.07, 6.45) is 5.03. The minimum absolute atomic E-state index is 0.799. The summed E-state index contributed by atoms with van der Waals surface area (Å²) in [5, 5.41) is 4.35. The van der Waals surface area contributed by atoms with E-state index < -0.39 is 0 Å². The zero-order valence-electron chi connectivity index (χ0n) is 10.8. The molecule has 3 aromatic rings.